The fraction of sp³-hybridized carbons (Fsp3) is 0.588. The molecule has 24 heavy (non-hydrogen) atoms. The summed E-state index contributed by atoms with van der Waals surface area (Å²) in [5.41, 5.74) is 1.09. The monoisotopic (exact) mass is 355 g/mol. The molecule has 0 bridgehead atoms. The van der Waals surface area contributed by atoms with Gasteiger partial charge in [0.2, 0.25) is 15.9 Å². The van der Waals surface area contributed by atoms with Crippen LogP contribution in [0.25, 0.3) is 0 Å². The van der Waals surface area contributed by atoms with Crippen molar-refractivity contribution < 1.29 is 13.2 Å². The second-order valence-electron chi connectivity index (χ2n) is 5.97. The molecule has 6 nitrogen and oxygen atoms in total. The lowest BCUT2D eigenvalue weighted by Crippen LogP contribution is -2.34. The molecule has 0 unspecified atom stereocenters. The minimum absolute atomic E-state index is 0.0858. The Hall–Kier alpha value is -1.44. The Labute approximate surface area is 145 Å². The average Bonchev–Trinajstić information content (AvgIpc) is 2.54. The van der Waals surface area contributed by atoms with Gasteiger partial charge in [-0.3, -0.25) is 4.79 Å². The smallest absolute Gasteiger partial charge is 0.240 e. The summed E-state index contributed by atoms with van der Waals surface area (Å²) >= 11 is 0. The van der Waals surface area contributed by atoms with E-state index >= 15 is 0 Å². The lowest BCUT2D eigenvalue weighted by molar-refractivity contribution is -0.120. The van der Waals surface area contributed by atoms with E-state index < -0.39 is 10.0 Å². The fourth-order valence-electron chi connectivity index (χ4n) is 2.09. The van der Waals surface area contributed by atoms with Crippen LogP contribution < -0.4 is 15.4 Å². The van der Waals surface area contributed by atoms with Crippen molar-refractivity contribution in [3.8, 4) is 0 Å². The number of benzene rings is 1. The van der Waals surface area contributed by atoms with Gasteiger partial charge < -0.3 is 10.6 Å². The van der Waals surface area contributed by atoms with Crippen LogP contribution in [-0.2, 0) is 14.8 Å². The Kier molecular flexibility index (Phi) is 8.95. The van der Waals surface area contributed by atoms with Gasteiger partial charge >= 0.3 is 0 Å². The molecule has 0 radical (unpaired) electrons. The number of amides is 1. The Morgan fingerprint density at radius 1 is 1.04 bits per heavy atom. The van der Waals surface area contributed by atoms with Crippen LogP contribution in [0.15, 0.2) is 29.2 Å². The first-order valence-corrected chi connectivity index (χ1v) is 9.92. The van der Waals surface area contributed by atoms with Gasteiger partial charge in [-0.1, -0.05) is 32.9 Å². The van der Waals surface area contributed by atoms with E-state index in [1.165, 1.54) is 0 Å². The Morgan fingerprint density at radius 2 is 1.71 bits per heavy atom. The molecule has 0 saturated heterocycles. The number of carbonyl (C=O) groups excluding carboxylic acids is 1. The largest absolute Gasteiger partial charge is 0.355 e. The van der Waals surface area contributed by atoms with Crippen molar-refractivity contribution >= 4 is 15.9 Å². The third kappa shape index (κ3) is 7.42. The van der Waals surface area contributed by atoms with Gasteiger partial charge in [-0.2, -0.15) is 0 Å². The number of carbonyl (C=O) groups is 1. The van der Waals surface area contributed by atoms with E-state index in [4.69, 9.17) is 0 Å². The lowest BCUT2D eigenvalue weighted by Gasteiger charge is -2.09. The van der Waals surface area contributed by atoms with Gasteiger partial charge in [0.25, 0.3) is 0 Å². The molecule has 0 aliphatic carbocycles. The van der Waals surface area contributed by atoms with E-state index in [1.54, 1.807) is 12.1 Å². The molecule has 1 amide bonds. The number of hydrogen-bond acceptors (Lipinski definition) is 4. The molecule has 136 valence electrons. The van der Waals surface area contributed by atoms with E-state index in [9.17, 15) is 13.2 Å². The summed E-state index contributed by atoms with van der Waals surface area (Å²) in [6.07, 6.45) is 1.17. The van der Waals surface area contributed by atoms with Crippen LogP contribution in [0.5, 0.6) is 0 Å². The fourth-order valence-corrected chi connectivity index (χ4v) is 3.13. The molecule has 0 aliphatic rings. The van der Waals surface area contributed by atoms with Gasteiger partial charge in [-0.15, -0.1) is 0 Å². The standard InChI is InChI=1S/C17H29N3O3S/c1-4-10-18-12-13-19-17(21)9-11-20-24(22,23)16-7-5-15(6-8-16)14(2)3/h5-8,14,18,20H,4,9-13H2,1-3H3,(H,19,21). The summed E-state index contributed by atoms with van der Waals surface area (Å²) in [5, 5.41) is 5.93. The van der Waals surface area contributed by atoms with Crippen molar-refractivity contribution in [2.45, 2.75) is 44.4 Å². The molecule has 0 saturated carbocycles. The summed E-state index contributed by atoms with van der Waals surface area (Å²) < 4.78 is 26.8. The van der Waals surface area contributed by atoms with Crippen molar-refractivity contribution in [3.63, 3.8) is 0 Å². The van der Waals surface area contributed by atoms with Crippen LogP contribution in [0.1, 0.15) is 45.1 Å². The first kappa shape index (κ1) is 20.6. The van der Waals surface area contributed by atoms with Crippen LogP contribution in [0, 0.1) is 0 Å². The minimum atomic E-state index is -3.57. The predicted octanol–water partition coefficient (Wildman–Crippen LogP) is 1.59. The molecular weight excluding hydrogens is 326 g/mol. The zero-order chi connectivity index (χ0) is 18.0. The molecule has 1 rings (SSSR count). The maximum absolute atomic E-state index is 12.2. The Morgan fingerprint density at radius 3 is 2.29 bits per heavy atom. The van der Waals surface area contributed by atoms with Crippen LogP contribution in [0.2, 0.25) is 0 Å². The van der Waals surface area contributed by atoms with Crippen LogP contribution in [0.3, 0.4) is 0 Å². The van der Waals surface area contributed by atoms with Gasteiger partial charge in [-0.25, -0.2) is 13.1 Å². The van der Waals surface area contributed by atoms with Crippen LogP contribution in [-0.4, -0.2) is 40.5 Å². The first-order valence-electron chi connectivity index (χ1n) is 8.44. The summed E-state index contributed by atoms with van der Waals surface area (Å²) in [6, 6.07) is 6.82. The molecule has 1 aromatic rings. The van der Waals surface area contributed by atoms with Crippen molar-refractivity contribution in [2.75, 3.05) is 26.2 Å². The minimum Gasteiger partial charge on any atom is -0.355 e. The molecule has 0 atom stereocenters. The summed E-state index contributed by atoms with van der Waals surface area (Å²) in [7, 11) is -3.57. The second kappa shape index (κ2) is 10.4. The maximum Gasteiger partial charge on any atom is 0.240 e. The summed E-state index contributed by atoms with van der Waals surface area (Å²) in [6.45, 7) is 8.45. The predicted molar refractivity (Wildman–Crippen MR) is 96.5 cm³/mol. The highest BCUT2D eigenvalue weighted by molar-refractivity contribution is 7.89. The highest BCUT2D eigenvalue weighted by Gasteiger charge is 2.14. The quantitative estimate of drug-likeness (QED) is 0.526. The van der Waals surface area contributed by atoms with Crippen molar-refractivity contribution in [1.29, 1.82) is 0 Å². The van der Waals surface area contributed by atoms with E-state index in [0.717, 1.165) is 18.5 Å². The van der Waals surface area contributed by atoms with E-state index in [1.807, 2.05) is 12.1 Å². The maximum atomic E-state index is 12.2. The van der Waals surface area contributed by atoms with E-state index in [-0.39, 0.29) is 23.8 Å². The summed E-state index contributed by atoms with van der Waals surface area (Å²) in [5.74, 6) is 0.191. The first-order chi connectivity index (χ1) is 11.4. The summed E-state index contributed by atoms with van der Waals surface area (Å²) in [4.78, 5) is 11.9. The van der Waals surface area contributed by atoms with Crippen LogP contribution >= 0.6 is 0 Å². The number of nitrogens with one attached hydrogen (secondary N) is 3. The van der Waals surface area contributed by atoms with Gasteiger partial charge in [0, 0.05) is 26.1 Å². The van der Waals surface area contributed by atoms with E-state index in [0.29, 0.717) is 19.0 Å². The SMILES string of the molecule is CCCNCCNC(=O)CCNS(=O)(=O)c1ccc(C(C)C)cc1. The highest BCUT2D eigenvalue weighted by atomic mass is 32.2. The number of hydrogen-bond donors (Lipinski definition) is 3. The molecule has 0 aromatic heterocycles. The number of sulfonamides is 1. The molecule has 3 N–H and O–H groups in total. The molecule has 0 fully saturated rings. The third-order valence-corrected chi connectivity index (χ3v) is 5.03. The van der Waals surface area contributed by atoms with Gasteiger partial charge in [0.1, 0.15) is 0 Å². The van der Waals surface area contributed by atoms with Crippen molar-refractivity contribution in [1.82, 2.24) is 15.4 Å². The Bertz CT molecular complexity index is 598. The molecule has 1 aromatic carbocycles. The van der Waals surface area contributed by atoms with Crippen molar-refractivity contribution in [2.24, 2.45) is 0 Å². The van der Waals surface area contributed by atoms with Gasteiger partial charge in [-0.05, 0) is 36.6 Å². The highest BCUT2D eigenvalue weighted by Crippen LogP contribution is 2.17. The zero-order valence-electron chi connectivity index (χ0n) is 14.8. The van der Waals surface area contributed by atoms with Crippen molar-refractivity contribution in [3.05, 3.63) is 29.8 Å². The van der Waals surface area contributed by atoms with Gasteiger partial charge in [0.05, 0.1) is 4.90 Å². The average molecular weight is 356 g/mol. The molecule has 0 aliphatic heterocycles. The molecule has 0 spiro atoms. The second-order valence-corrected chi connectivity index (χ2v) is 7.74. The Balaban J connectivity index is 2.36. The molecule has 0 heterocycles. The zero-order valence-corrected chi connectivity index (χ0v) is 15.6. The third-order valence-electron chi connectivity index (χ3n) is 3.55. The lowest BCUT2D eigenvalue weighted by atomic mass is 10.0. The molecule has 7 heteroatoms. The molecular formula is C17H29N3O3S. The normalized spacial score (nSPS) is 11.7. The van der Waals surface area contributed by atoms with Gasteiger partial charge in [0.15, 0.2) is 0 Å². The topological polar surface area (TPSA) is 87.3 Å². The van der Waals surface area contributed by atoms with Crippen LogP contribution in [0.4, 0.5) is 0 Å². The van der Waals surface area contributed by atoms with E-state index in [2.05, 4.69) is 36.1 Å². The number of rotatable bonds is 11.